The van der Waals surface area contributed by atoms with Gasteiger partial charge in [0.15, 0.2) is 4.80 Å². The van der Waals surface area contributed by atoms with Crippen molar-refractivity contribution in [2.75, 3.05) is 14.2 Å². The Morgan fingerprint density at radius 2 is 1.84 bits per heavy atom. The summed E-state index contributed by atoms with van der Waals surface area (Å²) in [5, 5.41) is 0. The number of hydrogen-bond acceptors (Lipinski definition) is 4. The molecule has 5 nitrogen and oxygen atoms in total. The van der Waals surface area contributed by atoms with Crippen molar-refractivity contribution >= 4 is 43.4 Å². The molecule has 0 unspecified atom stereocenters. The van der Waals surface area contributed by atoms with Gasteiger partial charge in [-0.05, 0) is 37.3 Å². The molecule has 130 valence electrons. The number of rotatable bonds is 4. The smallest absolute Gasteiger partial charge is 0.279 e. The van der Waals surface area contributed by atoms with Crippen LogP contribution < -0.4 is 14.3 Å². The molecule has 3 aromatic rings. The van der Waals surface area contributed by atoms with Crippen molar-refractivity contribution in [3.63, 3.8) is 0 Å². The Bertz CT molecular complexity index is 985. The van der Waals surface area contributed by atoms with Gasteiger partial charge in [-0.15, -0.1) is 0 Å². The lowest BCUT2D eigenvalue weighted by Gasteiger charge is -2.06. The van der Waals surface area contributed by atoms with Gasteiger partial charge < -0.3 is 14.0 Å². The van der Waals surface area contributed by atoms with E-state index in [-0.39, 0.29) is 5.91 Å². The fourth-order valence-corrected chi connectivity index (χ4v) is 4.16. The molecule has 0 aliphatic rings. The van der Waals surface area contributed by atoms with Gasteiger partial charge in [-0.1, -0.05) is 27.3 Å². The molecule has 0 radical (unpaired) electrons. The third kappa shape index (κ3) is 3.62. The van der Waals surface area contributed by atoms with E-state index in [4.69, 9.17) is 9.47 Å². The molecule has 0 spiro atoms. The Balaban J connectivity index is 2.11. The number of benzene rings is 2. The van der Waals surface area contributed by atoms with Gasteiger partial charge in [0.2, 0.25) is 0 Å². The largest absolute Gasteiger partial charge is 0.497 e. The highest BCUT2D eigenvalue weighted by molar-refractivity contribution is 9.10. The number of amides is 1. The van der Waals surface area contributed by atoms with E-state index in [1.54, 1.807) is 32.4 Å². The third-order valence-corrected chi connectivity index (χ3v) is 5.29. The number of hydrogen-bond donors (Lipinski definition) is 0. The summed E-state index contributed by atoms with van der Waals surface area (Å²) in [4.78, 5) is 17.7. The maximum absolute atomic E-state index is 12.7. The van der Waals surface area contributed by atoms with E-state index in [2.05, 4.69) is 20.9 Å². The van der Waals surface area contributed by atoms with Gasteiger partial charge >= 0.3 is 0 Å². The molecule has 1 amide bonds. The maximum atomic E-state index is 12.7. The van der Waals surface area contributed by atoms with Crippen LogP contribution in [0.2, 0.25) is 0 Å². The van der Waals surface area contributed by atoms with Crippen molar-refractivity contribution in [2.24, 2.45) is 4.99 Å². The number of carbonyl (C=O) groups excluding carboxylic acids is 1. The molecule has 0 bridgehead atoms. The summed E-state index contributed by atoms with van der Waals surface area (Å²) >= 11 is 4.97. The molecule has 0 aliphatic heterocycles. The summed E-state index contributed by atoms with van der Waals surface area (Å²) in [6.07, 6.45) is 0. The lowest BCUT2D eigenvalue weighted by Crippen LogP contribution is -2.15. The minimum absolute atomic E-state index is 0.329. The van der Waals surface area contributed by atoms with E-state index in [9.17, 15) is 4.79 Å². The fraction of sp³-hybridized carbons (Fsp3) is 0.222. The molecule has 0 aliphatic carbocycles. The topological polar surface area (TPSA) is 52.8 Å². The van der Waals surface area contributed by atoms with Crippen LogP contribution in [0.15, 0.2) is 45.9 Å². The van der Waals surface area contributed by atoms with Crippen LogP contribution in [-0.4, -0.2) is 24.7 Å². The zero-order valence-corrected chi connectivity index (χ0v) is 16.5. The van der Waals surface area contributed by atoms with Crippen LogP contribution in [0.4, 0.5) is 0 Å². The van der Waals surface area contributed by atoms with Crippen LogP contribution in [-0.2, 0) is 6.54 Å². The Morgan fingerprint density at radius 1 is 1.16 bits per heavy atom. The molecule has 0 saturated heterocycles. The Hall–Kier alpha value is -2.12. The number of halogens is 1. The number of nitrogens with zero attached hydrogens (tertiary/aromatic N) is 2. The van der Waals surface area contributed by atoms with Crippen LogP contribution >= 0.6 is 27.3 Å². The monoisotopic (exact) mass is 420 g/mol. The summed E-state index contributed by atoms with van der Waals surface area (Å²) in [5.74, 6) is 0.785. The predicted molar refractivity (Wildman–Crippen MR) is 103 cm³/mol. The van der Waals surface area contributed by atoms with Crippen molar-refractivity contribution in [1.29, 1.82) is 0 Å². The second-order valence-corrected chi connectivity index (χ2v) is 7.18. The van der Waals surface area contributed by atoms with Crippen molar-refractivity contribution < 1.29 is 14.3 Å². The first kappa shape index (κ1) is 17.7. The third-order valence-electron chi connectivity index (χ3n) is 3.76. The highest BCUT2D eigenvalue weighted by Crippen LogP contribution is 2.24. The minimum Gasteiger partial charge on any atom is -0.497 e. The number of fused-ring (bicyclic) bond motifs is 1. The second-order valence-electron chi connectivity index (χ2n) is 5.26. The standard InChI is InChI=1S/C18H17BrN2O3S/c1-4-21-15-6-5-12(19)9-16(15)25-18(21)20-17(22)11-7-13(23-2)10-14(8-11)24-3/h5-10H,4H2,1-3H3. The van der Waals surface area contributed by atoms with E-state index in [1.807, 2.05) is 29.7 Å². The molecule has 7 heteroatoms. The first-order valence-corrected chi connectivity index (χ1v) is 9.27. The highest BCUT2D eigenvalue weighted by Gasteiger charge is 2.11. The van der Waals surface area contributed by atoms with Crippen LogP contribution in [0.3, 0.4) is 0 Å². The van der Waals surface area contributed by atoms with Gasteiger partial charge in [-0.2, -0.15) is 4.99 Å². The SMILES string of the molecule is CCn1c(=NC(=O)c2cc(OC)cc(OC)c2)sc2cc(Br)ccc21. The first-order chi connectivity index (χ1) is 12.0. The average Bonchev–Trinajstić information content (AvgIpc) is 2.96. The van der Waals surface area contributed by atoms with Gasteiger partial charge in [0.25, 0.3) is 5.91 Å². The number of ether oxygens (including phenoxy) is 2. The lowest BCUT2D eigenvalue weighted by atomic mass is 10.2. The summed E-state index contributed by atoms with van der Waals surface area (Å²) in [7, 11) is 3.10. The number of aromatic nitrogens is 1. The van der Waals surface area contributed by atoms with E-state index in [0.29, 0.717) is 21.9 Å². The second kappa shape index (κ2) is 7.41. The van der Waals surface area contributed by atoms with Crippen molar-refractivity contribution in [2.45, 2.75) is 13.5 Å². The quantitative estimate of drug-likeness (QED) is 0.633. The van der Waals surface area contributed by atoms with E-state index >= 15 is 0 Å². The summed E-state index contributed by atoms with van der Waals surface area (Å²) in [6.45, 7) is 2.77. The first-order valence-electron chi connectivity index (χ1n) is 7.66. The molecule has 0 N–H and O–H groups in total. The van der Waals surface area contributed by atoms with Crippen molar-refractivity contribution in [3.05, 3.63) is 51.2 Å². The normalized spacial score (nSPS) is 11.8. The van der Waals surface area contributed by atoms with Crippen LogP contribution in [0.25, 0.3) is 10.2 Å². The zero-order valence-electron chi connectivity index (χ0n) is 14.1. The maximum Gasteiger partial charge on any atom is 0.279 e. The average molecular weight is 421 g/mol. The van der Waals surface area contributed by atoms with E-state index in [1.165, 1.54) is 11.3 Å². The highest BCUT2D eigenvalue weighted by atomic mass is 79.9. The van der Waals surface area contributed by atoms with Gasteiger partial charge in [0, 0.05) is 22.6 Å². The summed E-state index contributed by atoms with van der Waals surface area (Å²) < 4.78 is 14.5. The number of aryl methyl sites for hydroxylation is 1. The summed E-state index contributed by atoms with van der Waals surface area (Å²) in [5.41, 5.74) is 1.49. The molecule has 0 fully saturated rings. The van der Waals surface area contributed by atoms with Gasteiger partial charge in [0.1, 0.15) is 11.5 Å². The van der Waals surface area contributed by atoms with Crippen LogP contribution in [0.5, 0.6) is 11.5 Å². The minimum atomic E-state index is -0.329. The Labute approximate surface area is 157 Å². The molecule has 2 aromatic carbocycles. The molecular formula is C18H17BrN2O3S. The fourth-order valence-electron chi connectivity index (χ4n) is 2.52. The molecule has 1 heterocycles. The Kier molecular flexibility index (Phi) is 5.24. The number of methoxy groups -OCH3 is 2. The molecule has 0 atom stereocenters. The molecule has 1 aromatic heterocycles. The van der Waals surface area contributed by atoms with Crippen molar-refractivity contribution in [3.8, 4) is 11.5 Å². The molecule has 0 saturated carbocycles. The van der Waals surface area contributed by atoms with Gasteiger partial charge in [-0.3, -0.25) is 4.79 Å². The molecule has 25 heavy (non-hydrogen) atoms. The Morgan fingerprint density at radius 3 is 2.44 bits per heavy atom. The van der Waals surface area contributed by atoms with E-state index in [0.717, 1.165) is 21.2 Å². The molecule has 3 rings (SSSR count). The lowest BCUT2D eigenvalue weighted by molar-refractivity contribution is 0.0997. The van der Waals surface area contributed by atoms with Crippen molar-refractivity contribution in [1.82, 2.24) is 4.57 Å². The number of thiazole rings is 1. The predicted octanol–water partition coefficient (Wildman–Crippen LogP) is 4.24. The molecular weight excluding hydrogens is 404 g/mol. The zero-order chi connectivity index (χ0) is 18.0. The van der Waals surface area contributed by atoms with Gasteiger partial charge in [0.05, 0.1) is 24.4 Å². The number of carbonyl (C=O) groups is 1. The van der Waals surface area contributed by atoms with Crippen LogP contribution in [0.1, 0.15) is 17.3 Å². The summed E-state index contributed by atoms with van der Waals surface area (Å²) in [6, 6.07) is 11.1. The van der Waals surface area contributed by atoms with Gasteiger partial charge in [-0.25, -0.2) is 0 Å². The van der Waals surface area contributed by atoms with E-state index < -0.39 is 0 Å². The van der Waals surface area contributed by atoms with Crippen LogP contribution in [0, 0.1) is 0 Å².